The average Bonchev–Trinajstić information content (AvgIpc) is 2.81. The fourth-order valence-corrected chi connectivity index (χ4v) is 2.52. The van der Waals surface area contributed by atoms with Gasteiger partial charge in [0.1, 0.15) is 5.75 Å². The molecule has 1 aliphatic rings. The smallest absolute Gasteiger partial charge is 0.260 e. The number of amides is 2. The van der Waals surface area contributed by atoms with Gasteiger partial charge < -0.3 is 20.7 Å². The van der Waals surface area contributed by atoms with Crippen LogP contribution in [-0.2, 0) is 4.79 Å². The highest BCUT2D eigenvalue weighted by Crippen LogP contribution is 2.22. The third-order valence-corrected chi connectivity index (χ3v) is 3.81. The van der Waals surface area contributed by atoms with E-state index >= 15 is 0 Å². The van der Waals surface area contributed by atoms with E-state index in [-0.39, 0.29) is 18.4 Å². The molecule has 2 amide bonds. The summed E-state index contributed by atoms with van der Waals surface area (Å²) in [5, 5.41) is 2.53. The third-order valence-electron chi connectivity index (χ3n) is 3.81. The molecular formula is C16H23N3O3. The van der Waals surface area contributed by atoms with Crippen LogP contribution in [0.4, 0.5) is 5.69 Å². The predicted molar refractivity (Wildman–Crippen MR) is 84.8 cm³/mol. The Balaban J connectivity index is 1.93. The van der Waals surface area contributed by atoms with Crippen LogP contribution in [0.5, 0.6) is 5.75 Å². The van der Waals surface area contributed by atoms with E-state index < -0.39 is 0 Å². The second-order valence-electron chi connectivity index (χ2n) is 5.42. The lowest BCUT2D eigenvalue weighted by molar-refractivity contribution is -0.133. The van der Waals surface area contributed by atoms with Crippen molar-refractivity contribution in [1.82, 2.24) is 10.2 Å². The summed E-state index contributed by atoms with van der Waals surface area (Å²) in [6.45, 7) is 1.57. The van der Waals surface area contributed by atoms with Gasteiger partial charge >= 0.3 is 0 Å². The first-order valence-corrected chi connectivity index (χ1v) is 7.64. The lowest BCUT2D eigenvalue weighted by atomic mass is 10.2. The highest BCUT2D eigenvalue weighted by atomic mass is 16.5. The molecule has 0 unspecified atom stereocenters. The molecule has 0 aromatic heterocycles. The van der Waals surface area contributed by atoms with Crippen LogP contribution in [0.15, 0.2) is 18.2 Å². The van der Waals surface area contributed by atoms with Gasteiger partial charge in [-0.25, -0.2) is 0 Å². The molecule has 6 nitrogen and oxygen atoms in total. The van der Waals surface area contributed by atoms with Crippen molar-refractivity contribution in [3.8, 4) is 5.75 Å². The molecule has 1 heterocycles. The predicted octanol–water partition coefficient (Wildman–Crippen LogP) is 1.41. The van der Waals surface area contributed by atoms with Crippen molar-refractivity contribution < 1.29 is 14.3 Å². The zero-order chi connectivity index (χ0) is 15.9. The maximum absolute atomic E-state index is 12.2. The van der Waals surface area contributed by atoms with E-state index in [0.717, 1.165) is 25.9 Å². The first kappa shape index (κ1) is 16.1. The first-order chi connectivity index (χ1) is 10.6. The normalized spacial score (nSPS) is 15.0. The van der Waals surface area contributed by atoms with Crippen molar-refractivity contribution in [2.45, 2.75) is 25.7 Å². The Morgan fingerprint density at radius 2 is 1.91 bits per heavy atom. The Labute approximate surface area is 130 Å². The lowest BCUT2D eigenvalue weighted by Crippen LogP contribution is -2.35. The van der Waals surface area contributed by atoms with Crippen LogP contribution in [0.25, 0.3) is 0 Å². The molecule has 0 bridgehead atoms. The number of likely N-dealkylation sites (tertiary alicyclic amines) is 1. The molecule has 0 atom stereocenters. The van der Waals surface area contributed by atoms with Crippen LogP contribution in [0.3, 0.4) is 0 Å². The molecule has 0 spiro atoms. The minimum absolute atomic E-state index is 0.0170. The molecule has 2 rings (SSSR count). The highest BCUT2D eigenvalue weighted by molar-refractivity contribution is 5.95. The van der Waals surface area contributed by atoms with Crippen molar-refractivity contribution in [2.75, 3.05) is 32.5 Å². The molecule has 0 radical (unpaired) electrons. The van der Waals surface area contributed by atoms with Crippen LogP contribution in [0.1, 0.15) is 36.0 Å². The van der Waals surface area contributed by atoms with Gasteiger partial charge in [-0.15, -0.1) is 0 Å². The Hall–Kier alpha value is -2.24. The molecule has 0 aliphatic carbocycles. The number of rotatable bonds is 4. The number of ether oxygens (including phenoxy) is 1. The number of hydrogen-bond acceptors (Lipinski definition) is 4. The summed E-state index contributed by atoms with van der Waals surface area (Å²) < 4.78 is 5.51. The van der Waals surface area contributed by atoms with Gasteiger partial charge in [0.15, 0.2) is 6.61 Å². The summed E-state index contributed by atoms with van der Waals surface area (Å²) >= 11 is 0. The quantitative estimate of drug-likeness (QED) is 0.824. The molecule has 3 N–H and O–H groups in total. The zero-order valence-corrected chi connectivity index (χ0v) is 12.9. The number of carbonyl (C=O) groups excluding carboxylic acids is 2. The van der Waals surface area contributed by atoms with Gasteiger partial charge in [0.2, 0.25) is 0 Å². The first-order valence-electron chi connectivity index (χ1n) is 7.64. The molecule has 22 heavy (non-hydrogen) atoms. The second kappa shape index (κ2) is 7.68. The summed E-state index contributed by atoms with van der Waals surface area (Å²) in [4.78, 5) is 25.5. The number of carbonyl (C=O) groups is 2. The Morgan fingerprint density at radius 3 is 2.50 bits per heavy atom. The second-order valence-corrected chi connectivity index (χ2v) is 5.42. The third kappa shape index (κ3) is 4.13. The number of nitrogen functional groups attached to an aromatic ring is 1. The highest BCUT2D eigenvalue weighted by Gasteiger charge is 2.16. The van der Waals surface area contributed by atoms with E-state index in [0.29, 0.717) is 17.0 Å². The molecule has 1 aliphatic heterocycles. The maximum atomic E-state index is 12.2. The molecule has 120 valence electrons. The van der Waals surface area contributed by atoms with Crippen molar-refractivity contribution >= 4 is 17.5 Å². The topological polar surface area (TPSA) is 84.7 Å². The molecule has 0 saturated carbocycles. The molecule has 1 fully saturated rings. The van der Waals surface area contributed by atoms with E-state index in [1.165, 1.54) is 12.8 Å². The van der Waals surface area contributed by atoms with Gasteiger partial charge in [0.05, 0.1) is 5.69 Å². The SMILES string of the molecule is CNC(=O)c1ccc(OCC(=O)N2CCCCCC2)c(N)c1. The largest absolute Gasteiger partial charge is 0.482 e. The van der Waals surface area contributed by atoms with Gasteiger partial charge in [-0.05, 0) is 31.0 Å². The van der Waals surface area contributed by atoms with E-state index in [1.54, 1.807) is 25.2 Å². The van der Waals surface area contributed by atoms with Gasteiger partial charge in [-0.3, -0.25) is 9.59 Å². The van der Waals surface area contributed by atoms with E-state index in [4.69, 9.17) is 10.5 Å². The maximum Gasteiger partial charge on any atom is 0.260 e. The van der Waals surface area contributed by atoms with E-state index in [1.807, 2.05) is 4.90 Å². The number of nitrogens with zero attached hydrogens (tertiary/aromatic N) is 1. The van der Waals surface area contributed by atoms with Crippen LogP contribution in [0.2, 0.25) is 0 Å². The van der Waals surface area contributed by atoms with Crippen LogP contribution < -0.4 is 15.8 Å². The summed E-state index contributed by atoms with van der Waals surface area (Å²) in [7, 11) is 1.56. The minimum Gasteiger partial charge on any atom is -0.482 e. The number of nitrogens with one attached hydrogen (secondary N) is 1. The van der Waals surface area contributed by atoms with E-state index in [9.17, 15) is 9.59 Å². The molecule has 1 aromatic rings. The minimum atomic E-state index is -0.209. The number of anilines is 1. The molecule has 1 saturated heterocycles. The average molecular weight is 305 g/mol. The monoisotopic (exact) mass is 305 g/mol. The van der Waals surface area contributed by atoms with Crippen molar-refractivity contribution in [3.05, 3.63) is 23.8 Å². The Bertz CT molecular complexity index is 537. The number of benzene rings is 1. The van der Waals surface area contributed by atoms with Gasteiger partial charge in [-0.2, -0.15) is 0 Å². The van der Waals surface area contributed by atoms with Crippen LogP contribution in [-0.4, -0.2) is 43.5 Å². The van der Waals surface area contributed by atoms with E-state index in [2.05, 4.69) is 5.32 Å². The summed E-state index contributed by atoms with van der Waals surface area (Å²) in [5.74, 6) is 0.200. The van der Waals surface area contributed by atoms with Crippen LogP contribution in [0, 0.1) is 0 Å². The van der Waals surface area contributed by atoms with Gasteiger partial charge in [0.25, 0.3) is 11.8 Å². The summed E-state index contributed by atoms with van der Waals surface area (Å²) in [6.07, 6.45) is 4.46. The van der Waals surface area contributed by atoms with Crippen molar-refractivity contribution in [1.29, 1.82) is 0 Å². The lowest BCUT2D eigenvalue weighted by Gasteiger charge is -2.20. The van der Waals surface area contributed by atoms with Gasteiger partial charge in [-0.1, -0.05) is 12.8 Å². The fraction of sp³-hybridized carbons (Fsp3) is 0.500. The zero-order valence-electron chi connectivity index (χ0n) is 12.9. The summed E-state index contributed by atoms with van der Waals surface area (Å²) in [5.41, 5.74) is 6.69. The van der Waals surface area contributed by atoms with Gasteiger partial charge in [0, 0.05) is 25.7 Å². The molecular weight excluding hydrogens is 282 g/mol. The van der Waals surface area contributed by atoms with Crippen LogP contribution >= 0.6 is 0 Å². The summed E-state index contributed by atoms with van der Waals surface area (Å²) in [6, 6.07) is 4.79. The number of hydrogen-bond donors (Lipinski definition) is 2. The fourth-order valence-electron chi connectivity index (χ4n) is 2.52. The molecule has 6 heteroatoms. The van der Waals surface area contributed by atoms with Crippen molar-refractivity contribution in [3.63, 3.8) is 0 Å². The Morgan fingerprint density at radius 1 is 1.23 bits per heavy atom. The number of nitrogens with two attached hydrogens (primary N) is 1. The Kier molecular flexibility index (Phi) is 5.63. The molecule has 1 aromatic carbocycles. The van der Waals surface area contributed by atoms with Crippen molar-refractivity contribution in [2.24, 2.45) is 0 Å². The standard InChI is InChI=1S/C16H23N3O3/c1-18-16(21)12-6-7-14(13(17)10-12)22-11-15(20)19-8-4-2-3-5-9-19/h6-7,10H,2-5,8-9,11,17H2,1H3,(H,18,21).